The van der Waals surface area contributed by atoms with E-state index in [1.165, 1.54) is 46.2 Å². The second-order valence-corrected chi connectivity index (χ2v) is 35.9. The average Bonchev–Trinajstić information content (AvgIpc) is 1.62. The number of amides is 7. The lowest BCUT2D eigenvalue weighted by Crippen LogP contribution is -2.56. The number of hydrogen-bond donors (Lipinski definition) is 17. The van der Waals surface area contributed by atoms with Gasteiger partial charge in [0.2, 0.25) is 44.9 Å². The maximum atomic E-state index is 14.2. The lowest BCUT2D eigenvalue weighted by atomic mass is 9.82. The topological polar surface area (TPSA) is 654 Å². The predicted molar refractivity (Wildman–Crippen MR) is 478 cm³/mol. The van der Waals surface area contributed by atoms with E-state index in [2.05, 4.69) is 104 Å². The monoisotopic (exact) mass is 1950 g/mol. The first-order valence-corrected chi connectivity index (χ1v) is 48.1. The molecular formula is C82H130N24O25S3. The Bertz CT molecular complexity index is 4100. The molecule has 4 aliphatic rings. The van der Waals surface area contributed by atoms with Gasteiger partial charge in [-0.1, -0.05) is 88.2 Å². The highest BCUT2D eigenvalue weighted by molar-refractivity contribution is 7.15. The molecule has 3 saturated heterocycles. The first-order valence-electron chi connectivity index (χ1n) is 45.7. The van der Waals surface area contributed by atoms with Crippen molar-refractivity contribution < 1.29 is 122 Å². The number of carbonyl (C=O) groups is 7. The molecule has 6 aromatic heterocycles. The number of unbranched alkanes of at least 4 members (excludes halogenated alkanes) is 7. The highest BCUT2D eigenvalue weighted by Gasteiger charge is 2.42. The number of aromatic nitrogens is 15. The third kappa shape index (κ3) is 37.8. The number of aryl methyl sites for hydroxylation is 6. The molecule has 0 bridgehead atoms. The molecule has 0 saturated carbocycles. The molecule has 17 N–H and O–H groups in total. The van der Waals surface area contributed by atoms with Gasteiger partial charge in [0.15, 0.2) is 0 Å². The Hall–Kier alpha value is -8.99. The average molecular weight is 1950 g/mol. The summed E-state index contributed by atoms with van der Waals surface area (Å²) in [6.07, 6.45) is 8.14. The zero-order chi connectivity index (χ0) is 95.1. The number of carbonyl (C=O) groups excluding carboxylic acids is 7. The minimum atomic E-state index is -1.26. The zero-order valence-corrected chi connectivity index (χ0v) is 77.6. The molecule has 4 aliphatic heterocycles. The minimum absolute atomic E-state index is 0.0687. The van der Waals surface area contributed by atoms with Crippen LogP contribution in [0.15, 0.2) is 30.7 Å². The summed E-state index contributed by atoms with van der Waals surface area (Å²) in [5, 5.41) is 168. The van der Waals surface area contributed by atoms with E-state index in [1.807, 2.05) is 18.6 Å². The number of ether oxygens (including phenoxy) is 9. The largest absolute Gasteiger partial charge is 0.394 e. The van der Waals surface area contributed by atoms with Crippen LogP contribution in [0, 0.1) is 0 Å². The Morgan fingerprint density at radius 2 is 0.672 bits per heavy atom. The van der Waals surface area contributed by atoms with Gasteiger partial charge < -0.3 is 131 Å². The maximum Gasteiger partial charge on any atom is 0.253 e. The summed E-state index contributed by atoms with van der Waals surface area (Å²) in [6, 6.07) is -1.91. The second kappa shape index (κ2) is 59.2. The lowest BCUT2D eigenvalue weighted by Gasteiger charge is -2.36. The van der Waals surface area contributed by atoms with E-state index >= 15 is 0 Å². The minimum Gasteiger partial charge on any atom is -0.394 e. The Morgan fingerprint density at radius 1 is 0.366 bits per heavy atom. The van der Waals surface area contributed by atoms with Gasteiger partial charge in [0, 0.05) is 120 Å². The molecule has 0 spiro atoms. The quantitative estimate of drug-likeness (QED) is 0.0128. The number of aliphatic hydroxyl groups excluding tert-OH is 9. The second-order valence-electron chi connectivity index (χ2n) is 32.7. The lowest BCUT2D eigenvalue weighted by molar-refractivity contribution is -0.152. The Kier molecular flexibility index (Phi) is 47.3. The van der Waals surface area contributed by atoms with E-state index in [-0.39, 0.29) is 186 Å². The molecule has 746 valence electrons. The van der Waals surface area contributed by atoms with Crippen LogP contribution in [0.25, 0.3) is 0 Å². The molecule has 12 atom stereocenters. The van der Waals surface area contributed by atoms with Gasteiger partial charge in [0.1, 0.15) is 70.0 Å². The van der Waals surface area contributed by atoms with E-state index in [9.17, 15) is 79.5 Å². The van der Waals surface area contributed by atoms with Crippen LogP contribution in [-0.2, 0) is 134 Å². The number of imide groups is 1. The van der Waals surface area contributed by atoms with Gasteiger partial charge in [0.05, 0.1) is 174 Å². The first kappa shape index (κ1) is 107. The Morgan fingerprint density at radius 3 is 1.01 bits per heavy atom. The molecule has 0 aliphatic carbocycles. The summed E-state index contributed by atoms with van der Waals surface area (Å²) in [5.41, 5.74) is 0.999. The van der Waals surface area contributed by atoms with E-state index in [1.54, 1.807) is 14.0 Å². The van der Waals surface area contributed by atoms with Gasteiger partial charge in [-0.05, 0) is 51.4 Å². The molecule has 6 aromatic rings. The van der Waals surface area contributed by atoms with Crippen molar-refractivity contribution in [3.8, 4) is 0 Å². The summed E-state index contributed by atoms with van der Waals surface area (Å²) in [6.45, 7) is 3.91. The van der Waals surface area contributed by atoms with Crippen LogP contribution in [0.2, 0.25) is 0 Å². The van der Waals surface area contributed by atoms with Gasteiger partial charge >= 0.3 is 0 Å². The third-order valence-electron chi connectivity index (χ3n) is 22.5. The summed E-state index contributed by atoms with van der Waals surface area (Å²) in [4.78, 5) is 92.7. The van der Waals surface area contributed by atoms with E-state index < -0.39 is 110 Å². The van der Waals surface area contributed by atoms with E-state index in [0.29, 0.717) is 113 Å². The normalized spacial score (nSPS) is 20.9. The fourth-order valence-electron chi connectivity index (χ4n) is 14.8. The molecule has 0 aromatic carbocycles. The zero-order valence-electron chi connectivity index (χ0n) is 75.2. The van der Waals surface area contributed by atoms with Gasteiger partial charge in [-0.3, -0.25) is 38.5 Å². The van der Waals surface area contributed by atoms with Crippen molar-refractivity contribution >= 4 is 90.8 Å². The van der Waals surface area contributed by atoms with Gasteiger partial charge in [0.25, 0.3) is 11.8 Å². The Balaban J connectivity index is 0.649. The standard InChI is InChI=1S/C82H130N24O25S3/c107-48-60-76(120)73(117)57(51-129-60)87-79-97-94-68(132-79)14-11-54-45-103(100-91-54)30-36-126-42-39-123-33-26-84-64(111)19-22-82(90-67(114)10-8-6-4-2-1-3-5-7-9-63(110)83-25-29-106-71(115)17-18-72(106)116,23-20-65(112)85-27-34-124-40-43-127-37-31-104-46-55(92-101-104)12-15-69-95-98-80(133-69)88-58-52-130-61(49-108)77(121)74(58)118)24-21-66(113)86-28-35-125-41-44-128-38-32-105-47-56(93-102-105)13-16-70-96-99-81(134-70)89-59-53-131-62(50-109)78(122)75(59)119/h17-18,45-47,57-62,73-78,107-109,117-122H,1-16,19-44,48-53H2,(H,83,110)(H,84,111)(H,85,112)(H,86,113)(H,87,97)(H,88,98)(H,89,99)(H,90,114)/t57-,58-,59-,60+,61+,62+,73+,74+,75+,76-,77-,78-/m0/s1. The fraction of sp³-hybridized carbons (Fsp3) is 0.744. The van der Waals surface area contributed by atoms with Crippen LogP contribution in [0.1, 0.15) is 135 Å². The SMILES string of the molecule is O=C(CCCCCCCCCCC(=O)NC(CCC(=O)NCCOCCOCCn1cc(CCc2nnc(N[C@H]3CO[C@H](CO)[C@H](O)[C@@H]3O)s2)nn1)(CCC(=O)NCCOCCOCCn1cc(CCc2nnc(N[C@H]3CO[C@H](CO)[C@H](O)[C@@H]3O)s2)nn1)CCC(=O)NCCOCCOCCn1cc(CCc2nnc(N[C@H]3CO[C@H](CO)[C@H](O)[C@@H]3O)s2)nn1)NCCN1C(=O)C=CC1=O. The molecule has 0 radical (unpaired) electrons. The van der Waals surface area contributed by atoms with Gasteiger partial charge in [-0.2, -0.15) is 0 Å². The predicted octanol–water partition coefficient (Wildman–Crippen LogP) is -3.96. The molecule has 0 unspecified atom stereocenters. The van der Waals surface area contributed by atoms with E-state index in [4.69, 9.17) is 42.6 Å². The summed E-state index contributed by atoms with van der Waals surface area (Å²) >= 11 is 3.90. The van der Waals surface area contributed by atoms with Crippen molar-refractivity contribution in [2.75, 3.05) is 168 Å². The van der Waals surface area contributed by atoms with Crippen molar-refractivity contribution in [1.82, 2.24) is 107 Å². The first-order chi connectivity index (χ1) is 65.1. The maximum absolute atomic E-state index is 14.2. The fourth-order valence-corrected chi connectivity index (χ4v) is 17.2. The molecule has 3 fully saturated rings. The van der Waals surface area contributed by atoms with Crippen LogP contribution < -0.4 is 42.5 Å². The number of aliphatic hydroxyl groups is 9. The molecular weight excluding hydrogens is 1820 g/mol. The molecule has 52 heteroatoms. The molecule has 10 heterocycles. The van der Waals surface area contributed by atoms with Gasteiger partial charge in [-0.25, -0.2) is 14.0 Å². The van der Waals surface area contributed by atoms with Crippen LogP contribution in [0.5, 0.6) is 0 Å². The van der Waals surface area contributed by atoms with Crippen molar-refractivity contribution in [1.29, 1.82) is 0 Å². The summed E-state index contributed by atoms with van der Waals surface area (Å²) in [5.74, 6) is -2.26. The van der Waals surface area contributed by atoms with Crippen molar-refractivity contribution in [2.45, 2.75) is 239 Å². The van der Waals surface area contributed by atoms with Crippen molar-refractivity contribution in [2.24, 2.45) is 0 Å². The summed E-state index contributed by atoms with van der Waals surface area (Å²) in [7, 11) is 0. The molecule has 134 heavy (non-hydrogen) atoms. The van der Waals surface area contributed by atoms with Crippen LogP contribution in [0.3, 0.4) is 0 Å². The number of anilines is 3. The van der Waals surface area contributed by atoms with Gasteiger partial charge in [-0.15, -0.1) is 45.9 Å². The summed E-state index contributed by atoms with van der Waals surface area (Å²) < 4.78 is 56.1. The van der Waals surface area contributed by atoms with Crippen molar-refractivity contribution in [3.63, 3.8) is 0 Å². The van der Waals surface area contributed by atoms with E-state index in [0.717, 1.165) is 75.5 Å². The highest BCUT2D eigenvalue weighted by atomic mass is 32.1. The van der Waals surface area contributed by atoms with Crippen LogP contribution >= 0.6 is 34.0 Å². The highest BCUT2D eigenvalue weighted by Crippen LogP contribution is 2.30. The number of nitrogens with one attached hydrogen (secondary N) is 8. The number of nitrogens with zero attached hydrogens (tertiary/aromatic N) is 16. The molecule has 10 rings (SSSR count). The third-order valence-corrected chi connectivity index (χ3v) is 25.3. The van der Waals surface area contributed by atoms with Crippen molar-refractivity contribution in [3.05, 3.63) is 62.8 Å². The number of hydrogen-bond acceptors (Lipinski definition) is 43. The molecule has 49 nitrogen and oxygen atoms in total. The molecule has 7 amide bonds. The van der Waals surface area contributed by atoms with Crippen LogP contribution in [0.4, 0.5) is 15.4 Å². The van der Waals surface area contributed by atoms with Crippen LogP contribution in [-0.4, -0.2) is 398 Å². The smallest absolute Gasteiger partial charge is 0.253 e. The Labute approximate surface area is 786 Å². The number of rotatable bonds is 69.